The van der Waals surface area contributed by atoms with Gasteiger partial charge in [-0.25, -0.2) is 0 Å². The molecule has 0 aromatic carbocycles. The number of carbonyl (C=O) groups excluding carboxylic acids is 4. The van der Waals surface area contributed by atoms with Gasteiger partial charge in [0.1, 0.15) is 17.3 Å². The summed E-state index contributed by atoms with van der Waals surface area (Å²) in [5, 5.41) is 2.94. The molecule has 0 unspecified atom stereocenters. The van der Waals surface area contributed by atoms with E-state index >= 15 is 0 Å². The second kappa shape index (κ2) is 13.6. The van der Waals surface area contributed by atoms with E-state index in [0.29, 0.717) is 25.7 Å². The summed E-state index contributed by atoms with van der Waals surface area (Å²) in [7, 11) is 0. The lowest BCUT2D eigenvalue weighted by molar-refractivity contribution is -0.126. The van der Waals surface area contributed by atoms with Crippen LogP contribution >= 0.6 is 0 Å². The van der Waals surface area contributed by atoms with E-state index in [1.165, 1.54) is 0 Å². The van der Waals surface area contributed by atoms with Crippen LogP contribution in [-0.2, 0) is 19.2 Å². The molecule has 0 spiro atoms. The molecule has 1 amide bonds. The third-order valence-electron chi connectivity index (χ3n) is 4.11. The summed E-state index contributed by atoms with van der Waals surface area (Å²) in [4.78, 5) is 48.8. The first-order chi connectivity index (χ1) is 12.6. The monoisotopic (exact) mass is 382 g/mol. The molecule has 0 aliphatic rings. The summed E-state index contributed by atoms with van der Waals surface area (Å²) in [6.45, 7) is 9.93. The normalized spacial score (nSPS) is 11.5. The average molecular weight is 383 g/mol. The Morgan fingerprint density at radius 3 is 1.59 bits per heavy atom. The molecular formula is C21H38N2O4. The summed E-state index contributed by atoms with van der Waals surface area (Å²) < 4.78 is 0. The van der Waals surface area contributed by atoms with Crippen molar-refractivity contribution in [1.29, 1.82) is 0 Å². The highest BCUT2D eigenvalue weighted by Crippen LogP contribution is 2.08. The van der Waals surface area contributed by atoms with Crippen LogP contribution in [0.25, 0.3) is 0 Å². The number of nitrogens with zero attached hydrogens (tertiary/aromatic N) is 1. The van der Waals surface area contributed by atoms with Crippen molar-refractivity contribution < 1.29 is 19.2 Å². The molecule has 0 aromatic rings. The lowest BCUT2D eigenvalue weighted by Crippen LogP contribution is -2.40. The Hall–Kier alpha value is -1.56. The highest BCUT2D eigenvalue weighted by Gasteiger charge is 2.16. The van der Waals surface area contributed by atoms with Gasteiger partial charge in [0.25, 0.3) is 0 Å². The molecule has 0 radical (unpaired) electrons. The Kier molecular flexibility index (Phi) is 12.8. The zero-order chi connectivity index (χ0) is 20.9. The Bertz CT molecular complexity index is 477. The van der Waals surface area contributed by atoms with Crippen LogP contribution in [0.3, 0.4) is 0 Å². The fourth-order valence-electron chi connectivity index (χ4n) is 2.66. The van der Waals surface area contributed by atoms with Crippen molar-refractivity contribution in [3.8, 4) is 0 Å². The molecule has 0 aromatic heterocycles. The van der Waals surface area contributed by atoms with Crippen molar-refractivity contribution in [2.45, 2.75) is 91.5 Å². The van der Waals surface area contributed by atoms with Crippen LogP contribution in [0.4, 0.5) is 0 Å². The Balaban J connectivity index is 4.05. The second-order valence-electron chi connectivity index (χ2n) is 8.18. The topological polar surface area (TPSA) is 83.6 Å². The van der Waals surface area contributed by atoms with E-state index in [1.807, 2.05) is 20.8 Å². The minimum atomic E-state index is -0.201. The molecule has 6 heteroatoms. The molecule has 0 bridgehead atoms. The summed E-state index contributed by atoms with van der Waals surface area (Å²) in [6.07, 6.45) is 5.19. The average Bonchev–Trinajstić information content (AvgIpc) is 2.55. The van der Waals surface area contributed by atoms with Crippen LogP contribution in [-0.4, -0.2) is 53.3 Å². The molecule has 0 saturated carbocycles. The number of hydrogen-bond acceptors (Lipinski definition) is 5. The Morgan fingerprint density at radius 1 is 0.704 bits per heavy atom. The summed E-state index contributed by atoms with van der Waals surface area (Å²) in [5.41, 5.74) is -0.201. The van der Waals surface area contributed by atoms with Crippen molar-refractivity contribution in [1.82, 2.24) is 10.2 Å². The maximum Gasteiger partial charge on any atom is 0.220 e. The molecular weight excluding hydrogens is 344 g/mol. The van der Waals surface area contributed by atoms with Gasteiger partial charge in [0, 0.05) is 31.2 Å². The number of nitrogens with one attached hydrogen (secondary N) is 1. The van der Waals surface area contributed by atoms with E-state index < -0.39 is 0 Å². The number of Topliss-reactive ketones (excluding diaryl/α,β-unsaturated/α-hetero) is 3. The smallest absolute Gasteiger partial charge is 0.220 e. The van der Waals surface area contributed by atoms with Crippen LogP contribution in [0.15, 0.2) is 0 Å². The summed E-state index contributed by atoms with van der Waals surface area (Å²) >= 11 is 0. The minimum absolute atomic E-state index is 0.0419. The first-order valence-corrected chi connectivity index (χ1v) is 10.2. The van der Waals surface area contributed by atoms with E-state index in [-0.39, 0.29) is 48.4 Å². The number of amides is 1. The highest BCUT2D eigenvalue weighted by molar-refractivity contribution is 5.86. The van der Waals surface area contributed by atoms with Crippen molar-refractivity contribution >= 4 is 23.3 Å². The van der Waals surface area contributed by atoms with Crippen LogP contribution in [0.1, 0.15) is 86.0 Å². The van der Waals surface area contributed by atoms with E-state index in [4.69, 9.17) is 0 Å². The van der Waals surface area contributed by atoms with Gasteiger partial charge in [-0.15, -0.1) is 0 Å². The van der Waals surface area contributed by atoms with Gasteiger partial charge < -0.3 is 5.32 Å². The zero-order valence-corrected chi connectivity index (χ0v) is 17.9. The van der Waals surface area contributed by atoms with Gasteiger partial charge in [0.05, 0.1) is 19.6 Å². The third-order valence-corrected chi connectivity index (χ3v) is 4.11. The molecule has 27 heavy (non-hydrogen) atoms. The quantitative estimate of drug-likeness (QED) is 0.440. The van der Waals surface area contributed by atoms with Crippen molar-refractivity contribution in [2.24, 2.45) is 0 Å². The van der Waals surface area contributed by atoms with E-state index in [1.54, 1.807) is 18.7 Å². The predicted molar refractivity (Wildman–Crippen MR) is 108 cm³/mol. The molecule has 0 aliphatic heterocycles. The lowest BCUT2D eigenvalue weighted by Gasteiger charge is -2.20. The van der Waals surface area contributed by atoms with Crippen LogP contribution in [0.5, 0.6) is 0 Å². The first-order valence-electron chi connectivity index (χ1n) is 10.2. The number of ketones is 3. The molecule has 0 rings (SSSR count). The second-order valence-corrected chi connectivity index (χ2v) is 8.18. The minimum Gasteiger partial charge on any atom is -0.352 e. The summed E-state index contributed by atoms with van der Waals surface area (Å²) in [6, 6.07) is 0. The highest BCUT2D eigenvalue weighted by atomic mass is 16.2. The van der Waals surface area contributed by atoms with E-state index in [2.05, 4.69) is 5.32 Å². The van der Waals surface area contributed by atoms with Gasteiger partial charge in [0.2, 0.25) is 5.91 Å². The molecule has 156 valence electrons. The van der Waals surface area contributed by atoms with Crippen LogP contribution < -0.4 is 5.32 Å². The number of unbranched alkanes of at least 4 members (excludes halogenated alkanes) is 3. The number of hydrogen-bond donors (Lipinski definition) is 1. The Labute approximate surface area is 164 Å². The third kappa shape index (κ3) is 15.2. The molecule has 6 nitrogen and oxygen atoms in total. The first kappa shape index (κ1) is 25.4. The largest absolute Gasteiger partial charge is 0.352 e. The van der Waals surface area contributed by atoms with Gasteiger partial charge in [-0.05, 0) is 33.6 Å². The fraction of sp³-hybridized carbons (Fsp3) is 0.810. The standard InChI is InChI=1S/C21H38N2O4/c1-6-17(24)14-23(15-18(25)7-2)16-19(26)12-10-8-9-11-13-20(27)22-21(3,4)5/h6-16H2,1-5H3,(H,22,27). The molecule has 0 saturated heterocycles. The summed E-state index contributed by atoms with van der Waals surface area (Å²) in [5.74, 6) is 0.212. The fourth-order valence-corrected chi connectivity index (χ4v) is 2.66. The van der Waals surface area contributed by atoms with Crippen LogP contribution in [0.2, 0.25) is 0 Å². The SMILES string of the molecule is CCC(=O)CN(CC(=O)CC)CC(=O)CCCCCCC(=O)NC(C)(C)C. The van der Waals surface area contributed by atoms with E-state index in [0.717, 1.165) is 25.7 Å². The maximum atomic E-state index is 12.2. The van der Waals surface area contributed by atoms with E-state index in [9.17, 15) is 19.2 Å². The van der Waals surface area contributed by atoms with Crippen molar-refractivity contribution in [2.75, 3.05) is 19.6 Å². The molecule has 0 fully saturated rings. The molecule has 1 N–H and O–H groups in total. The maximum absolute atomic E-state index is 12.2. The number of rotatable bonds is 15. The van der Waals surface area contributed by atoms with Gasteiger partial charge in [0.15, 0.2) is 0 Å². The van der Waals surface area contributed by atoms with Gasteiger partial charge >= 0.3 is 0 Å². The van der Waals surface area contributed by atoms with Gasteiger partial charge in [-0.1, -0.05) is 26.7 Å². The van der Waals surface area contributed by atoms with Crippen molar-refractivity contribution in [3.63, 3.8) is 0 Å². The predicted octanol–water partition coefficient (Wildman–Crippen LogP) is 3.07. The lowest BCUT2D eigenvalue weighted by atomic mass is 10.1. The van der Waals surface area contributed by atoms with Gasteiger partial charge in [-0.2, -0.15) is 0 Å². The molecule has 0 heterocycles. The Morgan fingerprint density at radius 2 is 1.15 bits per heavy atom. The molecule has 0 aliphatic carbocycles. The van der Waals surface area contributed by atoms with Gasteiger partial charge in [-0.3, -0.25) is 24.1 Å². The van der Waals surface area contributed by atoms with Crippen LogP contribution in [0, 0.1) is 0 Å². The zero-order valence-electron chi connectivity index (χ0n) is 17.9. The van der Waals surface area contributed by atoms with Crippen molar-refractivity contribution in [3.05, 3.63) is 0 Å². The number of carbonyl (C=O) groups is 4. The molecule has 0 atom stereocenters.